The third-order valence-electron chi connectivity index (χ3n) is 2.54. The lowest BCUT2D eigenvalue weighted by Gasteiger charge is -1.99. The van der Waals surface area contributed by atoms with Crippen molar-refractivity contribution in [2.24, 2.45) is 0 Å². The molecule has 0 amide bonds. The molecule has 2 rings (SSSR count). The first-order chi connectivity index (χ1) is 7.32. The second-order valence-electron chi connectivity index (χ2n) is 3.61. The highest BCUT2D eigenvalue weighted by atomic mass is 35.7. The molecule has 0 spiro atoms. The Kier molecular flexibility index (Phi) is 2.69. The SMILES string of the molecule is Cc1[nH]c2c(C)c(Cl)ccc2c1S(=O)(=O)Cl. The Morgan fingerprint density at radius 2 is 1.88 bits per heavy atom. The topological polar surface area (TPSA) is 49.9 Å². The fourth-order valence-corrected chi connectivity index (χ4v) is 3.40. The molecule has 0 aliphatic carbocycles. The fraction of sp³-hybridized carbons (Fsp3) is 0.200. The van der Waals surface area contributed by atoms with Crippen LogP contribution >= 0.6 is 22.3 Å². The van der Waals surface area contributed by atoms with Gasteiger partial charge in [-0.2, -0.15) is 0 Å². The monoisotopic (exact) mass is 277 g/mol. The van der Waals surface area contributed by atoms with Gasteiger partial charge in [0.1, 0.15) is 4.90 Å². The summed E-state index contributed by atoms with van der Waals surface area (Å²) >= 11 is 5.96. The summed E-state index contributed by atoms with van der Waals surface area (Å²) in [5.74, 6) is 0. The van der Waals surface area contributed by atoms with Gasteiger partial charge in [0, 0.05) is 26.8 Å². The van der Waals surface area contributed by atoms with Gasteiger partial charge in [-0.3, -0.25) is 0 Å². The lowest BCUT2D eigenvalue weighted by atomic mass is 10.2. The van der Waals surface area contributed by atoms with E-state index in [1.807, 2.05) is 6.92 Å². The first-order valence-electron chi connectivity index (χ1n) is 4.54. The molecule has 0 fully saturated rings. The highest BCUT2D eigenvalue weighted by Crippen LogP contribution is 2.33. The predicted molar refractivity (Wildman–Crippen MR) is 65.8 cm³/mol. The van der Waals surface area contributed by atoms with E-state index in [1.165, 1.54) is 0 Å². The molecule has 3 nitrogen and oxygen atoms in total. The van der Waals surface area contributed by atoms with Gasteiger partial charge in [0.25, 0.3) is 9.05 Å². The smallest absolute Gasteiger partial charge is 0.263 e. The summed E-state index contributed by atoms with van der Waals surface area (Å²) in [6, 6.07) is 3.32. The Morgan fingerprint density at radius 1 is 1.25 bits per heavy atom. The molecule has 0 saturated carbocycles. The van der Waals surface area contributed by atoms with Gasteiger partial charge in [-0.15, -0.1) is 0 Å². The van der Waals surface area contributed by atoms with Gasteiger partial charge >= 0.3 is 0 Å². The van der Waals surface area contributed by atoms with Gasteiger partial charge in [0.05, 0.1) is 5.52 Å². The Bertz CT molecular complexity index is 674. The number of hydrogen-bond acceptors (Lipinski definition) is 2. The van der Waals surface area contributed by atoms with Crippen LogP contribution in [0.2, 0.25) is 5.02 Å². The quantitative estimate of drug-likeness (QED) is 0.813. The lowest BCUT2D eigenvalue weighted by Crippen LogP contribution is -1.91. The number of rotatable bonds is 1. The van der Waals surface area contributed by atoms with Crippen molar-refractivity contribution in [3.63, 3.8) is 0 Å². The highest BCUT2D eigenvalue weighted by molar-refractivity contribution is 8.14. The van der Waals surface area contributed by atoms with Crippen LogP contribution in [0.4, 0.5) is 0 Å². The summed E-state index contributed by atoms with van der Waals surface area (Å²) < 4.78 is 22.9. The third kappa shape index (κ3) is 1.71. The lowest BCUT2D eigenvalue weighted by molar-refractivity contribution is 0.610. The van der Waals surface area contributed by atoms with E-state index in [0.717, 1.165) is 5.56 Å². The van der Waals surface area contributed by atoms with Gasteiger partial charge in [-0.25, -0.2) is 8.42 Å². The molecule has 6 heteroatoms. The standard InChI is InChI=1S/C10H9Cl2NO2S/c1-5-8(11)4-3-7-9(5)13-6(2)10(7)16(12,14)15/h3-4,13H,1-2H3. The van der Waals surface area contributed by atoms with E-state index in [0.29, 0.717) is 21.6 Å². The number of benzene rings is 1. The van der Waals surface area contributed by atoms with Gasteiger partial charge in [0.2, 0.25) is 0 Å². The molecule has 0 saturated heterocycles. The number of aromatic nitrogens is 1. The number of fused-ring (bicyclic) bond motifs is 1. The average molecular weight is 278 g/mol. The molecule has 0 aliphatic heterocycles. The molecule has 1 aromatic carbocycles. The van der Waals surface area contributed by atoms with E-state index < -0.39 is 9.05 Å². The molecule has 0 radical (unpaired) electrons. The molecule has 86 valence electrons. The minimum absolute atomic E-state index is 0.129. The number of halogens is 2. The zero-order valence-corrected chi connectivity index (χ0v) is 11.0. The highest BCUT2D eigenvalue weighted by Gasteiger charge is 2.21. The Labute approximate surface area is 103 Å². The van der Waals surface area contributed by atoms with Crippen molar-refractivity contribution in [2.75, 3.05) is 0 Å². The largest absolute Gasteiger partial charge is 0.357 e. The first kappa shape index (κ1) is 11.8. The predicted octanol–water partition coefficient (Wildman–Crippen LogP) is 3.37. The number of aryl methyl sites for hydroxylation is 2. The van der Waals surface area contributed by atoms with E-state index in [9.17, 15) is 8.42 Å². The summed E-state index contributed by atoms with van der Waals surface area (Å²) in [4.78, 5) is 3.12. The minimum atomic E-state index is -3.75. The summed E-state index contributed by atoms with van der Waals surface area (Å²) in [6.45, 7) is 3.49. The number of aromatic amines is 1. The summed E-state index contributed by atoms with van der Waals surface area (Å²) in [5, 5.41) is 1.17. The van der Waals surface area contributed by atoms with Crippen molar-refractivity contribution < 1.29 is 8.42 Å². The maximum atomic E-state index is 11.4. The van der Waals surface area contributed by atoms with Gasteiger partial charge in [-0.05, 0) is 31.5 Å². The second kappa shape index (κ2) is 3.65. The average Bonchev–Trinajstić information content (AvgIpc) is 2.48. The van der Waals surface area contributed by atoms with Crippen LogP contribution in [0.25, 0.3) is 10.9 Å². The Hall–Kier alpha value is -0.710. The maximum Gasteiger partial charge on any atom is 0.263 e. The molecular weight excluding hydrogens is 269 g/mol. The summed E-state index contributed by atoms with van der Waals surface area (Å²) in [5.41, 5.74) is 2.05. The van der Waals surface area contributed by atoms with Crippen molar-refractivity contribution >= 4 is 42.2 Å². The Balaban J connectivity index is 2.99. The number of H-pyrrole nitrogens is 1. The molecule has 1 N–H and O–H groups in total. The van der Waals surface area contributed by atoms with Gasteiger partial charge < -0.3 is 4.98 Å². The molecule has 1 aromatic heterocycles. The van der Waals surface area contributed by atoms with E-state index in [2.05, 4.69) is 4.98 Å². The first-order valence-corrected chi connectivity index (χ1v) is 7.23. The van der Waals surface area contributed by atoms with Crippen molar-refractivity contribution in [1.82, 2.24) is 4.98 Å². The van der Waals surface area contributed by atoms with E-state index >= 15 is 0 Å². The molecule has 0 atom stereocenters. The third-order valence-corrected chi connectivity index (χ3v) is 4.43. The molecule has 2 aromatic rings. The van der Waals surface area contributed by atoms with Crippen LogP contribution in [0.3, 0.4) is 0 Å². The van der Waals surface area contributed by atoms with Crippen molar-refractivity contribution in [3.05, 3.63) is 28.4 Å². The van der Waals surface area contributed by atoms with Crippen LogP contribution < -0.4 is 0 Å². The number of nitrogens with one attached hydrogen (secondary N) is 1. The molecule has 0 bridgehead atoms. The van der Waals surface area contributed by atoms with Crippen molar-refractivity contribution in [2.45, 2.75) is 18.7 Å². The van der Waals surface area contributed by atoms with Crippen LogP contribution in [-0.4, -0.2) is 13.4 Å². The minimum Gasteiger partial charge on any atom is -0.357 e. The fourth-order valence-electron chi connectivity index (χ4n) is 1.80. The van der Waals surface area contributed by atoms with Gasteiger partial charge in [-0.1, -0.05) is 11.6 Å². The molecule has 0 unspecified atom stereocenters. The molecular formula is C10H9Cl2NO2S. The zero-order valence-electron chi connectivity index (χ0n) is 8.64. The maximum absolute atomic E-state index is 11.4. The van der Waals surface area contributed by atoms with E-state index in [1.54, 1.807) is 19.1 Å². The second-order valence-corrected chi connectivity index (χ2v) is 6.52. The number of hydrogen-bond donors (Lipinski definition) is 1. The molecule has 16 heavy (non-hydrogen) atoms. The normalized spacial score (nSPS) is 12.2. The van der Waals surface area contributed by atoms with Crippen molar-refractivity contribution in [1.29, 1.82) is 0 Å². The van der Waals surface area contributed by atoms with Crippen LogP contribution in [-0.2, 0) is 9.05 Å². The van der Waals surface area contributed by atoms with Crippen LogP contribution in [0.15, 0.2) is 17.0 Å². The van der Waals surface area contributed by atoms with Crippen LogP contribution in [0.1, 0.15) is 11.3 Å². The zero-order chi connectivity index (χ0) is 12.1. The molecule has 1 heterocycles. The van der Waals surface area contributed by atoms with Crippen LogP contribution in [0.5, 0.6) is 0 Å². The molecule has 0 aliphatic rings. The van der Waals surface area contributed by atoms with E-state index in [-0.39, 0.29) is 4.90 Å². The van der Waals surface area contributed by atoms with Crippen molar-refractivity contribution in [3.8, 4) is 0 Å². The van der Waals surface area contributed by atoms with E-state index in [4.69, 9.17) is 22.3 Å². The van der Waals surface area contributed by atoms with Crippen LogP contribution in [0, 0.1) is 13.8 Å². The summed E-state index contributed by atoms with van der Waals surface area (Å²) in [7, 11) is 1.65. The summed E-state index contributed by atoms with van der Waals surface area (Å²) in [6.07, 6.45) is 0. The Morgan fingerprint density at radius 3 is 2.44 bits per heavy atom. The van der Waals surface area contributed by atoms with Gasteiger partial charge in [0.15, 0.2) is 0 Å².